The molecule has 0 aromatic carbocycles. The zero-order valence-electron chi connectivity index (χ0n) is 12.6. The van der Waals surface area contributed by atoms with Gasteiger partial charge in [-0.2, -0.15) is 4.31 Å². The number of sulfonamides is 1. The Balaban J connectivity index is 0.00000154. The average Bonchev–Trinajstić information content (AvgIpc) is 2.63. The summed E-state index contributed by atoms with van der Waals surface area (Å²) in [7, 11) is -1.94. The first kappa shape index (κ1) is 18.1. The van der Waals surface area contributed by atoms with Gasteiger partial charge >= 0.3 is 0 Å². The Hall–Kier alpha value is -0.940. The summed E-state index contributed by atoms with van der Waals surface area (Å²) >= 11 is 0. The van der Waals surface area contributed by atoms with Gasteiger partial charge in [-0.25, -0.2) is 8.42 Å². The third-order valence-electron chi connectivity index (χ3n) is 2.66. The third kappa shape index (κ3) is 5.28. The lowest BCUT2D eigenvalue weighted by Gasteiger charge is -2.21. The molecule has 0 aromatic rings. The highest BCUT2D eigenvalue weighted by Gasteiger charge is 2.27. The van der Waals surface area contributed by atoms with Crippen LogP contribution < -0.4 is 0 Å². The highest BCUT2D eigenvalue weighted by Crippen LogP contribution is 2.15. The second-order valence-corrected chi connectivity index (χ2v) is 6.08. The molecule has 0 aliphatic carbocycles. The van der Waals surface area contributed by atoms with Crippen molar-refractivity contribution in [3.63, 3.8) is 0 Å². The summed E-state index contributed by atoms with van der Waals surface area (Å²) < 4.78 is 26.1. The van der Waals surface area contributed by atoms with Crippen LogP contribution in [0, 0.1) is 5.92 Å². The van der Waals surface area contributed by atoms with Gasteiger partial charge in [0.2, 0.25) is 0 Å². The summed E-state index contributed by atoms with van der Waals surface area (Å²) in [6, 6.07) is 0. The molecule has 1 aliphatic rings. The van der Waals surface area contributed by atoms with Crippen LogP contribution in [0.5, 0.6) is 0 Å². The molecule has 0 saturated carbocycles. The van der Waals surface area contributed by atoms with Crippen molar-refractivity contribution in [2.24, 2.45) is 10.9 Å². The standard InChI is InChI=1S/C12H20N2O2S.C2H6/c1-4-7-12(13-3)17(15,16)14-9-6-5-8-11(2)10-14;1-2/h4-7,11H,8-10H2,1-3H3;1-2H3/b7-4-,13-12?;. The number of aliphatic imine (C=N–C) groups is 1. The van der Waals surface area contributed by atoms with Crippen LogP contribution in [0.4, 0.5) is 0 Å². The van der Waals surface area contributed by atoms with Gasteiger partial charge in [0.1, 0.15) is 0 Å². The predicted molar refractivity (Wildman–Crippen MR) is 82.9 cm³/mol. The first-order valence-corrected chi connectivity index (χ1v) is 8.21. The van der Waals surface area contributed by atoms with Gasteiger partial charge in [-0.1, -0.05) is 39.0 Å². The second kappa shape index (κ2) is 9.04. The van der Waals surface area contributed by atoms with Crippen molar-refractivity contribution >= 4 is 15.1 Å². The van der Waals surface area contributed by atoms with Gasteiger partial charge in [-0.3, -0.25) is 4.99 Å². The van der Waals surface area contributed by atoms with E-state index in [1.54, 1.807) is 13.0 Å². The summed E-state index contributed by atoms with van der Waals surface area (Å²) in [6.45, 7) is 8.82. The lowest BCUT2D eigenvalue weighted by Crippen LogP contribution is -2.37. The molecule has 1 heterocycles. The summed E-state index contributed by atoms with van der Waals surface area (Å²) in [6.07, 6.45) is 8.10. The van der Waals surface area contributed by atoms with Crippen molar-refractivity contribution in [3.05, 3.63) is 24.3 Å². The first-order chi connectivity index (χ1) is 9.02. The Bertz CT molecular complexity index is 436. The lowest BCUT2D eigenvalue weighted by molar-refractivity contribution is 0.395. The number of rotatable bonds is 2. The van der Waals surface area contributed by atoms with Gasteiger partial charge in [0, 0.05) is 20.1 Å². The van der Waals surface area contributed by atoms with Crippen LogP contribution in [0.1, 0.15) is 34.1 Å². The Kier molecular flexibility index (Phi) is 8.59. The molecule has 4 nitrogen and oxygen atoms in total. The van der Waals surface area contributed by atoms with Crippen molar-refractivity contribution < 1.29 is 8.42 Å². The monoisotopic (exact) mass is 286 g/mol. The number of nitrogens with zero attached hydrogens (tertiary/aromatic N) is 2. The maximum atomic E-state index is 12.3. The molecule has 1 unspecified atom stereocenters. The minimum Gasteiger partial charge on any atom is -0.276 e. The molecule has 110 valence electrons. The van der Waals surface area contributed by atoms with E-state index in [0.29, 0.717) is 19.0 Å². The van der Waals surface area contributed by atoms with E-state index in [-0.39, 0.29) is 5.04 Å². The molecular formula is C14H26N2O2S. The fourth-order valence-corrected chi connectivity index (χ4v) is 3.30. The Labute approximate surface area is 118 Å². The molecule has 0 aromatic heterocycles. The molecule has 0 fully saturated rings. The maximum absolute atomic E-state index is 12.3. The van der Waals surface area contributed by atoms with Crippen molar-refractivity contribution in [1.82, 2.24) is 4.31 Å². The van der Waals surface area contributed by atoms with Gasteiger partial charge in [-0.15, -0.1) is 0 Å². The molecule has 1 atom stereocenters. The summed E-state index contributed by atoms with van der Waals surface area (Å²) in [5, 5.41) is 0.127. The highest BCUT2D eigenvalue weighted by atomic mass is 32.2. The van der Waals surface area contributed by atoms with Gasteiger partial charge in [0.15, 0.2) is 5.04 Å². The SMILES string of the molecule is C/C=C\C(=NC)S(=O)(=O)N1CC=CCC(C)C1.CC. The summed E-state index contributed by atoms with van der Waals surface area (Å²) in [4.78, 5) is 3.86. The van der Waals surface area contributed by atoms with E-state index in [1.807, 2.05) is 26.0 Å². The van der Waals surface area contributed by atoms with Crippen LogP contribution in [-0.4, -0.2) is 37.9 Å². The van der Waals surface area contributed by atoms with Crippen LogP contribution >= 0.6 is 0 Å². The van der Waals surface area contributed by atoms with Gasteiger partial charge < -0.3 is 0 Å². The number of hydrogen-bond donors (Lipinski definition) is 0. The molecule has 0 N–H and O–H groups in total. The molecule has 1 rings (SSSR count). The van der Waals surface area contributed by atoms with E-state index in [0.717, 1.165) is 6.42 Å². The van der Waals surface area contributed by atoms with E-state index in [9.17, 15) is 8.42 Å². The predicted octanol–water partition coefficient (Wildman–Crippen LogP) is 2.84. The van der Waals surface area contributed by atoms with Crippen LogP contribution in [0.3, 0.4) is 0 Å². The van der Waals surface area contributed by atoms with Crippen LogP contribution in [0.2, 0.25) is 0 Å². The molecule has 0 saturated heterocycles. The van der Waals surface area contributed by atoms with Crippen molar-refractivity contribution in [1.29, 1.82) is 0 Å². The minimum atomic E-state index is -3.45. The van der Waals surface area contributed by atoms with E-state index >= 15 is 0 Å². The largest absolute Gasteiger partial charge is 0.276 e. The van der Waals surface area contributed by atoms with E-state index < -0.39 is 10.0 Å². The minimum absolute atomic E-state index is 0.127. The number of hydrogen-bond acceptors (Lipinski definition) is 3. The van der Waals surface area contributed by atoms with Crippen LogP contribution in [0.25, 0.3) is 0 Å². The van der Waals surface area contributed by atoms with Crippen molar-refractivity contribution in [3.8, 4) is 0 Å². The highest BCUT2D eigenvalue weighted by molar-refractivity contribution is 8.04. The van der Waals surface area contributed by atoms with Gasteiger partial charge in [0.25, 0.3) is 10.0 Å². The Morgan fingerprint density at radius 1 is 1.37 bits per heavy atom. The molecule has 0 spiro atoms. The molecular weight excluding hydrogens is 260 g/mol. The molecule has 1 aliphatic heterocycles. The van der Waals surface area contributed by atoms with E-state index in [4.69, 9.17) is 0 Å². The van der Waals surface area contributed by atoms with E-state index in [1.165, 1.54) is 17.4 Å². The zero-order valence-corrected chi connectivity index (χ0v) is 13.4. The fourth-order valence-electron chi connectivity index (χ4n) is 1.76. The molecule has 5 heteroatoms. The molecule has 19 heavy (non-hydrogen) atoms. The van der Waals surface area contributed by atoms with Crippen molar-refractivity contribution in [2.45, 2.75) is 34.1 Å². The van der Waals surface area contributed by atoms with E-state index in [2.05, 4.69) is 11.9 Å². The summed E-state index contributed by atoms with van der Waals surface area (Å²) in [5.41, 5.74) is 0. The summed E-state index contributed by atoms with van der Waals surface area (Å²) in [5.74, 6) is 0.340. The lowest BCUT2D eigenvalue weighted by atomic mass is 10.1. The first-order valence-electron chi connectivity index (χ1n) is 6.77. The fraction of sp³-hybridized carbons (Fsp3) is 0.643. The quantitative estimate of drug-likeness (QED) is 0.445. The molecule has 0 radical (unpaired) electrons. The molecule has 0 amide bonds. The average molecular weight is 286 g/mol. The topological polar surface area (TPSA) is 49.7 Å². The van der Waals surface area contributed by atoms with Gasteiger partial charge in [-0.05, 0) is 25.3 Å². The normalized spacial score (nSPS) is 21.9. The van der Waals surface area contributed by atoms with Gasteiger partial charge in [0.05, 0.1) is 0 Å². The number of allylic oxidation sites excluding steroid dienone is 2. The third-order valence-corrected chi connectivity index (χ3v) is 4.49. The molecule has 0 bridgehead atoms. The second-order valence-electron chi connectivity index (χ2n) is 4.20. The van der Waals surface area contributed by atoms with Crippen molar-refractivity contribution in [2.75, 3.05) is 20.1 Å². The Morgan fingerprint density at radius 3 is 2.53 bits per heavy atom. The smallest absolute Gasteiger partial charge is 0.260 e. The maximum Gasteiger partial charge on any atom is 0.260 e. The van der Waals surface area contributed by atoms with Crippen LogP contribution in [0.15, 0.2) is 29.3 Å². The zero-order chi connectivity index (χ0) is 14.9. The Morgan fingerprint density at radius 2 is 2.00 bits per heavy atom. The van der Waals surface area contributed by atoms with Crippen LogP contribution in [-0.2, 0) is 10.0 Å².